The predicted octanol–water partition coefficient (Wildman–Crippen LogP) is 2.48. The summed E-state index contributed by atoms with van der Waals surface area (Å²) in [5.74, 6) is -1.68. The highest BCUT2D eigenvalue weighted by molar-refractivity contribution is 6.05. The molecule has 7 heteroatoms. The minimum atomic E-state index is -0.862. The minimum absolute atomic E-state index is 0.298. The number of carbonyl (C=O) groups is 1. The molecule has 6 nitrogen and oxygen atoms in total. The average molecular weight is 290 g/mol. The first kappa shape index (κ1) is 14.6. The number of amides is 1. The van der Waals surface area contributed by atoms with E-state index in [1.54, 1.807) is 24.3 Å². The molecule has 2 aromatic rings. The average Bonchev–Trinajstić information content (AvgIpc) is 2.47. The van der Waals surface area contributed by atoms with Crippen LogP contribution in [0.5, 0.6) is 0 Å². The summed E-state index contributed by atoms with van der Waals surface area (Å²) in [4.78, 5) is 22.0. The molecule has 0 fully saturated rings. The lowest BCUT2D eigenvalue weighted by Gasteiger charge is -2.09. The number of hydrogen-bond donors (Lipinski definition) is 2. The van der Waals surface area contributed by atoms with Crippen LogP contribution in [-0.4, -0.2) is 15.9 Å². The van der Waals surface area contributed by atoms with Crippen molar-refractivity contribution >= 4 is 17.3 Å². The van der Waals surface area contributed by atoms with E-state index in [0.29, 0.717) is 11.3 Å². The Hall–Kier alpha value is -2.80. The number of aliphatic hydroxyl groups is 1. The van der Waals surface area contributed by atoms with Gasteiger partial charge in [0.1, 0.15) is 5.82 Å². The van der Waals surface area contributed by atoms with Crippen LogP contribution in [0, 0.1) is 15.9 Å². The number of non-ortho nitro benzene ring substituents is 1. The quantitative estimate of drug-likeness (QED) is 0.668. The van der Waals surface area contributed by atoms with E-state index in [9.17, 15) is 19.3 Å². The number of hydrogen-bond acceptors (Lipinski definition) is 4. The second kappa shape index (κ2) is 6.10. The van der Waals surface area contributed by atoms with Gasteiger partial charge in [-0.05, 0) is 12.1 Å². The number of nitrogens with one attached hydrogen (secondary N) is 1. The molecule has 0 heterocycles. The van der Waals surface area contributed by atoms with Crippen LogP contribution >= 0.6 is 0 Å². The number of anilines is 1. The van der Waals surface area contributed by atoms with Gasteiger partial charge in [0.25, 0.3) is 11.6 Å². The molecule has 0 radical (unpaired) electrons. The molecule has 108 valence electrons. The molecule has 0 aromatic heterocycles. The van der Waals surface area contributed by atoms with Crippen molar-refractivity contribution in [3.63, 3.8) is 0 Å². The second-order valence-corrected chi connectivity index (χ2v) is 4.19. The van der Waals surface area contributed by atoms with Gasteiger partial charge in [-0.2, -0.15) is 0 Å². The molecular formula is C14H11FN2O4. The molecule has 0 aliphatic carbocycles. The number of nitro benzene ring substituents is 1. The predicted molar refractivity (Wildman–Crippen MR) is 73.4 cm³/mol. The summed E-state index contributed by atoms with van der Waals surface area (Å²) in [5.41, 5.74) is -0.0402. The summed E-state index contributed by atoms with van der Waals surface area (Å²) in [7, 11) is 0. The number of benzene rings is 2. The van der Waals surface area contributed by atoms with Gasteiger partial charge in [-0.15, -0.1) is 0 Å². The third-order valence-electron chi connectivity index (χ3n) is 2.84. The summed E-state index contributed by atoms with van der Waals surface area (Å²) in [6.45, 7) is -0.298. The maximum atomic E-state index is 13.6. The van der Waals surface area contributed by atoms with E-state index in [1.165, 1.54) is 0 Å². The van der Waals surface area contributed by atoms with Crippen LogP contribution in [0.1, 0.15) is 15.9 Å². The molecule has 2 rings (SSSR count). The number of rotatable bonds is 4. The van der Waals surface area contributed by atoms with Gasteiger partial charge in [-0.3, -0.25) is 14.9 Å². The van der Waals surface area contributed by atoms with Crippen molar-refractivity contribution in [2.45, 2.75) is 6.61 Å². The molecule has 0 unspecified atom stereocenters. The van der Waals surface area contributed by atoms with Gasteiger partial charge in [0, 0.05) is 23.4 Å². The maximum Gasteiger partial charge on any atom is 0.270 e. The Morgan fingerprint density at radius 3 is 2.67 bits per heavy atom. The first-order chi connectivity index (χ1) is 10.0. The fourth-order valence-electron chi connectivity index (χ4n) is 1.77. The lowest BCUT2D eigenvalue weighted by atomic mass is 10.1. The van der Waals surface area contributed by atoms with Crippen LogP contribution in [0.2, 0.25) is 0 Å². The summed E-state index contributed by atoms with van der Waals surface area (Å²) >= 11 is 0. The molecule has 21 heavy (non-hydrogen) atoms. The van der Waals surface area contributed by atoms with Crippen LogP contribution in [0.25, 0.3) is 0 Å². The highest BCUT2D eigenvalue weighted by Gasteiger charge is 2.17. The van der Waals surface area contributed by atoms with Crippen LogP contribution in [0.3, 0.4) is 0 Å². The molecule has 0 aliphatic rings. The Bertz CT molecular complexity index is 703. The molecule has 0 bridgehead atoms. The molecular weight excluding hydrogens is 279 g/mol. The lowest BCUT2D eigenvalue weighted by Crippen LogP contribution is -2.15. The number of para-hydroxylation sites is 1. The number of halogens is 1. The first-order valence-electron chi connectivity index (χ1n) is 5.97. The summed E-state index contributed by atoms with van der Waals surface area (Å²) in [6, 6.07) is 9.16. The minimum Gasteiger partial charge on any atom is -0.392 e. The van der Waals surface area contributed by atoms with Crippen molar-refractivity contribution in [2.75, 3.05) is 5.32 Å². The summed E-state index contributed by atoms with van der Waals surface area (Å²) in [6.07, 6.45) is 0. The third kappa shape index (κ3) is 3.21. The normalized spacial score (nSPS) is 10.2. The number of carbonyl (C=O) groups excluding carboxylic acids is 1. The zero-order chi connectivity index (χ0) is 15.4. The highest BCUT2D eigenvalue weighted by Crippen LogP contribution is 2.20. The lowest BCUT2D eigenvalue weighted by molar-refractivity contribution is -0.384. The van der Waals surface area contributed by atoms with Crippen molar-refractivity contribution in [3.8, 4) is 0 Å². The zero-order valence-electron chi connectivity index (χ0n) is 10.7. The maximum absolute atomic E-state index is 13.6. The van der Waals surface area contributed by atoms with E-state index in [1.807, 2.05) is 0 Å². The molecule has 0 saturated carbocycles. The Balaban J connectivity index is 2.32. The van der Waals surface area contributed by atoms with Gasteiger partial charge < -0.3 is 10.4 Å². The van der Waals surface area contributed by atoms with E-state index < -0.39 is 22.2 Å². The SMILES string of the molecule is O=C(Nc1ccccc1CO)c1cc([N+](=O)[O-])ccc1F. The molecule has 1 amide bonds. The van der Waals surface area contributed by atoms with Gasteiger partial charge >= 0.3 is 0 Å². The monoisotopic (exact) mass is 290 g/mol. The van der Waals surface area contributed by atoms with Crippen LogP contribution in [-0.2, 0) is 6.61 Å². The molecule has 0 aliphatic heterocycles. The number of nitro groups is 1. The molecule has 0 saturated heterocycles. The van der Waals surface area contributed by atoms with Crippen molar-refractivity contribution in [1.82, 2.24) is 0 Å². The fourth-order valence-corrected chi connectivity index (χ4v) is 1.77. The Labute approximate surface area is 119 Å². The van der Waals surface area contributed by atoms with Crippen molar-refractivity contribution in [3.05, 3.63) is 69.5 Å². The topological polar surface area (TPSA) is 92.5 Å². The van der Waals surface area contributed by atoms with E-state index in [2.05, 4.69) is 5.32 Å². The van der Waals surface area contributed by atoms with Gasteiger partial charge in [0.15, 0.2) is 0 Å². The van der Waals surface area contributed by atoms with Crippen LogP contribution in [0.4, 0.5) is 15.8 Å². The van der Waals surface area contributed by atoms with Crippen molar-refractivity contribution in [1.29, 1.82) is 0 Å². The van der Waals surface area contributed by atoms with E-state index in [0.717, 1.165) is 18.2 Å². The van der Waals surface area contributed by atoms with Crippen molar-refractivity contribution in [2.24, 2.45) is 0 Å². The van der Waals surface area contributed by atoms with E-state index in [-0.39, 0.29) is 12.3 Å². The standard InChI is InChI=1S/C14H11FN2O4/c15-12-6-5-10(17(20)21)7-11(12)14(19)16-13-4-2-1-3-9(13)8-18/h1-7,18H,8H2,(H,16,19). The second-order valence-electron chi connectivity index (χ2n) is 4.19. The van der Waals surface area contributed by atoms with Crippen LogP contribution < -0.4 is 5.32 Å². The van der Waals surface area contributed by atoms with Gasteiger partial charge in [-0.25, -0.2) is 4.39 Å². The van der Waals surface area contributed by atoms with E-state index in [4.69, 9.17) is 5.11 Å². The third-order valence-corrected chi connectivity index (χ3v) is 2.84. The van der Waals surface area contributed by atoms with Crippen LogP contribution in [0.15, 0.2) is 42.5 Å². The zero-order valence-corrected chi connectivity index (χ0v) is 10.7. The number of nitrogens with zero attached hydrogens (tertiary/aromatic N) is 1. The fraction of sp³-hybridized carbons (Fsp3) is 0.0714. The molecule has 0 atom stereocenters. The van der Waals surface area contributed by atoms with Gasteiger partial charge in [0.2, 0.25) is 0 Å². The van der Waals surface area contributed by atoms with Gasteiger partial charge in [-0.1, -0.05) is 18.2 Å². The Morgan fingerprint density at radius 2 is 2.00 bits per heavy atom. The molecule has 0 spiro atoms. The Morgan fingerprint density at radius 1 is 1.29 bits per heavy atom. The smallest absolute Gasteiger partial charge is 0.270 e. The molecule has 2 aromatic carbocycles. The molecule has 2 N–H and O–H groups in total. The van der Waals surface area contributed by atoms with Gasteiger partial charge in [0.05, 0.1) is 17.1 Å². The first-order valence-corrected chi connectivity index (χ1v) is 5.97. The highest BCUT2D eigenvalue weighted by atomic mass is 19.1. The summed E-state index contributed by atoms with van der Waals surface area (Å²) < 4.78 is 13.6. The Kier molecular flexibility index (Phi) is 4.24. The summed E-state index contributed by atoms with van der Waals surface area (Å²) in [5, 5.41) is 22.2. The largest absolute Gasteiger partial charge is 0.392 e. The van der Waals surface area contributed by atoms with E-state index >= 15 is 0 Å². The van der Waals surface area contributed by atoms with Crippen molar-refractivity contribution < 1.29 is 19.2 Å². The number of aliphatic hydroxyl groups excluding tert-OH is 1.